The first-order chi connectivity index (χ1) is 12.7. The number of nitrogen functional groups attached to an aromatic ring is 1. The van der Waals surface area contributed by atoms with E-state index in [1.54, 1.807) is 6.92 Å². The predicted molar refractivity (Wildman–Crippen MR) is 102 cm³/mol. The molecule has 2 aromatic heterocycles. The van der Waals surface area contributed by atoms with Crippen LogP contribution in [0.25, 0.3) is 10.3 Å². The van der Waals surface area contributed by atoms with Crippen molar-refractivity contribution in [1.29, 1.82) is 0 Å². The van der Waals surface area contributed by atoms with Crippen molar-refractivity contribution in [2.24, 2.45) is 11.8 Å². The number of esters is 1. The summed E-state index contributed by atoms with van der Waals surface area (Å²) >= 11 is 0.802. The van der Waals surface area contributed by atoms with E-state index in [1.165, 1.54) is 11.5 Å². The highest BCUT2D eigenvalue weighted by Crippen LogP contribution is 2.41. The maximum absolute atomic E-state index is 12.7. The van der Waals surface area contributed by atoms with Gasteiger partial charge < -0.3 is 15.2 Å². The van der Waals surface area contributed by atoms with Crippen LogP contribution in [0.4, 0.5) is 5.95 Å². The van der Waals surface area contributed by atoms with Gasteiger partial charge in [0.25, 0.3) is 5.56 Å². The van der Waals surface area contributed by atoms with Gasteiger partial charge in [-0.15, -0.1) is 0 Å². The molecular weight excluding hydrogens is 372 g/mol. The van der Waals surface area contributed by atoms with E-state index in [2.05, 4.69) is 23.8 Å². The third kappa shape index (κ3) is 3.63. The van der Waals surface area contributed by atoms with Crippen LogP contribution >= 0.6 is 11.3 Å². The Morgan fingerprint density at radius 3 is 2.81 bits per heavy atom. The summed E-state index contributed by atoms with van der Waals surface area (Å²) in [5, 5.41) is 0. The number of nitrogens with zero attached hydrogens (tertiary/aromatic N) is 2. The fourth-order valence-corrected chi connectivity index (χ4v) is 4.39. The SMILES string of the molecule is CC[C@H](C)[C@@H]1C[C@@H]([C@H](C)OC(C)=O)[C@H](n2c(=O)sc3c(=O)[nH]c(N)nc32)O1. The Hall–Kier alpha value is -2.20. The maximum atomic E-state index is 12.7. The molecule has 1 fully saturated rings. The lowest BCUT2D eigenvalue weighted by atomic mass is 9.91. The molecule has 27 heavy (non-hydrogen) atoms. The molecular formula is C17H24N4O5S. The Balaban J connectivity index is 2.10. The molecule has 3 N–H and O–H groups in total. The summed E-state index contributed by atoms with van der Waals surface area (Å²) < 4.78 is 13.2. The second-order valence-corrected chi connectivity index (χ2v) is 7.97. The van der Waals surface area contributed by atoms with E-state index < -0.39 is 23.9 Å². The molecule has 3 heterocycles. The molecule has 10 heteroatoms. The number of ether oxygens (including phenoxy) is 2. The molecule has 1 aliphatic heterocycles. The minimum Gasteiger partial charge on any atom is -0.462 e. The smallest absolute Gasteiger partial charge is 0.311 e. The summed E-state index contributed by atoms with van der Waals surface area (Å²) in [6, 6.07) is 0. The summed E-state index contributed by atoms with van der Waals surface area (Å²) in [5.41, 5.74) is 5.41. The molecule has 5 atom stereocenters. The van der Waals surface area contributed by atoms with Gasteiger partial charge in [0.05, 0.1) is 6.10 Å². The lowest BCUT2D eigenvalue weighted by Crippen LogP contribution is -2.32. The molecule has 0 amide bonds. The molecule has 0 spiro atoms. The van der Waals surface area contributed by atoms with E-state index >= 15 is 0 Å². The number of nitrogens with two attached hydrogens (primary N) is 1. The van der Waals surface area contributed by atoms with E-state index in [0.29, 0.717) is 6.42 Å². The van der Waals surface area contributed by atoms with Gasteiger partial charge in [-0.3, -0.25) is 23.9 Å². The van der Waals surface area contributed by atoms with Gasteiger partial charge in [0.1, 0.15) is 17.0 Å². The van der Waals surface area contributed by atoms with E-state index in [4.69, 9.17) is 15.2 Å². The summed E-state index contributed by atoms with van der Waals surface area (Å²) in [6.07, 6.45) is 0.313. The number of aromatic amines is 1. The molecule has 0 radical (unpaired) electrons. The van der Waals surface area contributed by atoms with E-state index in [9.17, 15) is 14.4 Å². The largest absolute Gasteiger partial charge is 0.462 e. The van der Waals surface area contributed by atoms with Crippen LogP contribution in [0.3, 0.4) is 0 Å². The third-order valence-electron chi connectivity index (χ3n) is 5.16. The number of rotatable bonds is 5. The number of hydrogen-bond acceptors (Lipinski definition) is 8. The van der Waals surface area contributed by atoms with Crippen LogP contribution < -0.4 is 16.2 Å². The molecule has 0 aromatic carbocycles. The number of nitrogens with one attached hydrogen (secondary N) is 1. The van der Waals surface area contributed by atoms with Crippen molar-refractivity contribution in [3.8, 4) is 0 Å². The molecule has 0 bridgehead atoms. The number of H-pyrrole nitrogens is 1. The first-order valence-electron chi connectivity index (χ1n) is 8.96. The molecule has 148 valence electrons. The van der Waals surface area contributed by atoms with Gasteiger partial charge in [-0.1, -0.05) is 31.6 Å². The zero-order valence-corrected chi connectivity index (χ0v) is 16.5. The summed E-state index contributed by atoms with van der Waals surface area (Å²) in [4.78, 5) is 42.5. The van der Waals surface area contributed by atoms with Crippen LogP contribution in [0.1, 0.15) is 46.8 Å². The van der Waals surface area contributed by atoms with Crippen molar-refractivity contribution in [1.82, 2.24) is 14.5 Å². The average molecular weight is 396 g/mol. The Kier molecular flexibility index (Phi) is 5.38. The van der Waals surface area contributed by atoms with Gasteiger partial charge in [-0.25, -0.2) is 0 Å². The van der Waals surface area contributed by atoms with Crippen LogP contribution in [-0.4, -0.2) is 32.7 Å². The van der Waals surface area contributed by atoms with Crippen molar-refractivity contribution in [3.63, 3.8) is 0 Å². The zero-order valence-electron chi connectivity index (χ0n) is 15.7. The van der Waals surface area contributed by atoms with Gasteiger partial charge in [0.15, 0.2) is 5.65 Å². The van der Waals surface area contributed by atoms with Crippen LogP contribution in [0.5, 0.6) is 0 Å². The lowest BCUT2D eigenvalue weighted by Gasteiger charge is -2.24. The van der Waals surface area contributed by atoms with Gasteiger partial charge in [0.2, 0.25) is 5.95 Å². The molecule has 9 nitrogen and oxygen atoms in total. The normalized spacial score (nSPS) is 24.8. The zero-order chi connectivity index (χ0) is 19.9. The lowest BCUT2D eigenvalue weighted by molar-refractivity contribution is -0.150. The van der Waals surface area contributed by atoms with Crippen molar-refractivity contribution in [2.45, 2.75) is 59.0 Å². The Bertz CT molecular complexity index is 964. The second-order valence-electron chi connectivity index (χ2n) is 7.01. The van der Waals surface area contributed by atoms with Crippen molar-refractivity contribution in [3.05, 3.63) is 20.0 Å². The topological polar surface area (TPSA) is 129 Å². The third-order valence-corrected chi connectivity index (χ3v) is 6.11. The Morgan fingerprint density at radius 2 is 2.19 bits per heavy atom. The predicted octanol–water partition coefficient (Wildman–Crippen LogP) is 1.63. The van der Waals surface area contributed by atoms with Gasteiger partial charge in [-0.2, -0.15) is 4.98 Å². The highest BCUT2D eigenvalue weighted by molar-refractivity contribution is 7.16. The highest BCUT2D eigenvalue weighted by atomic mass is 32.1. The standard InChI is InChI=1S/C17H24N4O5S/c1-5-7(2)11-6-10(8(3)25-9(4)22)15(26-11)21-13-12(27-17(21)24)14(23)20-16(18)19-13/h7-8,10-11,15H,5-6H2,1-4H3,(H3,18,19,20,23)/t7-,8-,10-,11-,15+/m0/s1. The average Bonchev–Trinajstić information content (AvgIpc) is 3.14. The fourth-order valence-electron chi connectivity index (χ4n) is 3.54. The minimum absolute atomic E-state index is 0.0693. The Morgan fingerprint density at radius 1 is 1.48 bits per heavy atom. The van der Waals surface area contributed by atoms with Crippen molar-refractivity contribution in [2.75, 3.05) is 5.73 Å². The number of anilines is 1. The van der Waals surface area contributed by atoms with E-state index in [0.717, 1.165) is 17.8 Å². The molecule has 0 saturated carbocycles. The van der Waals surface area contributed by atoms with Crippen LogP contribution in [0.15, 0.2) is 9.59 Å². The molecule has 0 aliphatic carbocycles. The molecule has 2 aromatic rings. The summed E-state index contributed by atoms with van der Waals surface area (Å²) in [5.74, 6) is -0.440. The van der Waals surface area contributed by atoms with Gasteiger partial charge >= 0.3 is 10.8 Å². The van der Waals surface area contributed by atoms with E-state index in [1.807, 2.05) is 0 Å². The first-order valence-corrected chi connectivity index (χ1v) is 9.78. The number of carbonyl (C=O) groups is 1. The minimum atomic E-state index is -0.687. The maximum Gasteiger partial charge on any atom is 0.311 e. The second kappa shape index (κ2) is 7.43. The molecule has 1 saturated heterocycles. The fraction of sp³-hybridized carbons (Fsp3) is 0.647. The number of thiazole rings is 1. The first kappa shape index (κ1) is 19.6. The monoisotopic (exact) mass is 396 g/mol. The molecule has 0 unspecified atom stereocenters. The summed E-state index contributed by atoms with van der Waals surface area (Å²) in [6.45, 7) is 7.28. The number of carbonyl (C=O) groups excluding carboxylic acids is 1. The Labute approximate surface area is 159 Å². The number of fused-ring (bicyclic) bond motifs is 1. The summed E-state index contributed by atoms with van der Waals surface area (Å²) in [7, 11) is 0. The van der Waals surface area contributed by atoms with Crippen LogP contribution in [-0.2, 0) is 14.3 Å². The van der Waals surface area contributed by atoms with Gasteiger partial charge in [-0.05, 0) is 19.3 Å². The van der Waals surface area contributed by atoms with E-state index in [-0.39, 0.29) is 39.1 Å². The van der Waals surface area contributed by atoms with Crippen LogP contribution in [0, 0.1) is 11.8 Å². The highest BCUT2D eigenvalue weighted by Gasteiger charge is 2.44. The van der Waals surface area contributed by atoms with Crippen molar-refractivity contribution < 1.29 is 14.3 Å². The molecule has 1 aliphatic rings. The van der Waals surface area contributed by atoms with Crippen LogP contribution in [0.2, 0.25) is 0 Å². The number of hydrogen-bond donors (Lipinski definition) is 2. The quantitative estimate of drug-likeness (QED) is 0.735. The van der Waals surface area contributed by atoms with Gasteiger partial charge in [0, 0.05) is 12.8 Å². The van der Waals surface area contributed by atoms with Crippen molar-refractivity contribution >= 4 is 33.6 Å². The molecule has 3 rings (SSSR count). The number of aromatic nitrogens is 3.